The lowest BCUT2D eigenvalue weighted by molar-refractivity contribution is -0.0307. The van der Waals surface area contributed by atoms with Crippen molar-refractivity contribution in [2.75, 3.05) is 19.7 Å². The minimum absolute atomic E-state index is 0.122. The highest BCUT2D eigenvalue weighted by Gasteiger charge is 2.21. The van der Waals surface area contributed by atoms with Gasteiger partial charge in [0.2, 0.25) is 0 Å². The maximum Gasteiger partial charge on any atom is 0.127 e. The maximum absolute atomic E-state index is 13.7. The van der Waals surface area contributed by atoms with Gasteiger partial charge in [-0.3, -0.25) is 4.90 Å². The largest absolute Gasteiger partial charge is 0.375 e. The SMILES string of the molecule is Fc1ccccc1CN1CCO[C@H](Cc2ccccc2)C1. The average Bonchev–Trinajstić information content (AvgIpc) is 2.51. The van der Waals surface area contributed by atoms with E-state index in [-0.39, 0.29) is 11.9 Å². The highest BCUT2D eigenvalue weighted by atomic mass is 19.1. The van der Waals surface area contributed by atoms with Crippen LogP contribution < -0.4 is 0 Å². The van der Waals surface area contributed by atoms with Crippen molar-refractivity contribution in [3.05, 3.63) is 71.5 Å². The summed E-state index contributed by atoms with van der Waals surface area (Å²) in [5.74, 6) is -0.122. The normalized spacial score (nSPS) is 19.6. The summed E-state index contributed by atoms with van der Waals surface area (Å²) < 4.78 is 19.6. The molecule has 1 saturated heterocycles. The van der Waals surface area contributed by atoms with Gasteiger partial charge in [0.05, 0.1) is 12.7 Å². The monoisotopic (exact) mass is 285 g/mol. The van der Waals surface area contributed by atoms with Gasteiger partial charge < -0.3 is 4.74 Å². The minimum Gasteiger partial charge on any atom is -0.375 e. The number of morpholine rings is 1. The maximum atomic E-state index is 13.7. The third-order valence-corrected chi connectivity index (χ3v) is 3.88. The number of rotatable bonds is 4. The molecule has 1 fully saturated rings. The molecule has 2 nitrogen and oxygen atoms in total. The molecule has 2 aromatic rings. The molecule has 1 atom stereocenters. The molecule has 21 heavy (non-hydrogen) atoms. The van der Waals surface area contributed by atoms with E-state index in [9.17, 15) is 4.39 Å². The van der Waals surface area contributed by atoms with E-state index in [2.05, 4.69) is 29.2 Å². The van der Waals surface area contributed by atoms with E-state index < -0.39 is 0 Å². The Bertz CT molecular complexity index is 572. The molecule has 3 heteroatoms. The van der Waals surface area contributed by atoms with Crippen molar-refractivity contribution in [3.8, 4) is 0 Å². The first kappa shape index (κ1) is 14.2. The summed E-state index contributed by atoms with van der Waals surface area (Å²) in [6.45, 7) is 3.08. The van der Waals surface area contributed by atoms with Gasteiger partial charge in [-0.25, -0.2) is 4.39 Å². The molecule has 0 radical (unpaired) electrons. The molecule has 0 aliphatic carbocycles. The Morgan fingerprint density at radius 2 is 1.81 bits per heavy atom. The fraction of sp³-hybridized carbons (Fsp3) is 0.333. The molecule has 0 unspecified atom stereocenters. The van der Waals surface area contributed by atoms with E-state index in [0.717, 1.165) is 25.1 Å². The lowest BCUT2D eigenvalue weighted by Gasteiger charge is -2.33. The van der Waals surface area contributed by atoms with Crippen molar-refractivity contribution in [1.29, 1.82) is 0 Å². The van der Waals surface area contributed by atoms with E-state index in [1.54, 1.807) is 6.07 Å². The number of halogens is 1. The van der Waals surface area contributed by atoms with E-state index >= 15 is 0 Å². The molecule has 3 rings (SSSR count). The topological polar surface area (TPSA) is 12.5 Å². The summed E-state index contributed by atoms with van der Waals surface area (Å²) >= 11 is 0. The lowest BCUT2D eigenvalue weighted by atomic mass is 10.1. The number of benzene rings is 2. The first-order valence-corrected chi connectivity index (χ1v) is 7.42. The van der Waals surface area contributed by atoms with Gasteiger partial charge in [-0.1, -0.05) is 48.5 Å². The zero-order chi connectivity index (χ0) is 14.5. The molecule has 0 N–H and O–H groups in total. The fourth-order valence-electron chi connectivity index (χ4n) is 2.79. The van der Waals surface area contributed by atoms with Crippen LogP contribution in [-0.4, -0.2) is 30.7 Å². The molecule has 110 valence electrons. The zero-order valence-electron chi connectivity index (χ0n) is 12.0. The van der Waals surface area contributed by atoms with Crippen molar-refractivity contribution >= 4 is 0 Å². The fourth-order valence-corrected chi connectivity index (χ4v) is 2.79. The third-order valence-electron chi connectivity index (χ3n) is 3.88. The van der Waals surface area contributed by atoms with Gasteiger partial charge in [-0.05, 0) is 18.1 Å². The zero-order valence-corrected chi connectivity index (χ0v) is 12.0. The second-order valence-electron chi connectivity index (χ2n) is 5.51. The van der Waals surface area contributed by atoms with E-state index in [1.807, 2.05) is 18.2 Å². The minimum atomic E-state index is -0.122. The average molecular weight is 285 g/mol. The van der Waals surface area contributed by atoms with Crippen LogP contribution in [0.4, 0.5) is 4.39 Å². The number of hydrogen-bond donors (Lipinski definition) is 0. The van der Waals surface area contributed by atoms with Crippen molar-refractivity contribution in [3.63, 3.8) is 0 Å². The first-order valence-electron chi connectivity index (χ1n) is 7.42. The molecular weight excluding hydrogens is 265 g/mol. The molecule has 0 amide bonds. The van der Waals surface area contributed by atoms with Crippen LogP contribution in [-0.2, 0) is 17.7 Å². The lowest BCUT2D eigenvalue weighted by Crippen LogP contribution is -2.42. The Kier molecular flexibility index (Phi) is 4.63. The van der Waals surface area contributed by atoms with Crippen LogP contribution in [0.5, 0.6) is 0 Å². The molecule has 1 heterocycles. The van der Waals surface area contributed by atoms with Crippen molar-refractivity contribution in [1.82, 2.24) is 4.90 Å². The Morgan fingerprint density at radius 3 is 2.62 bits per heavy atom. The van der Waals surface area contributed by atoms with Crippen LogP contribution in [0.15, 0.2) is 54.6 Å². The summed E-state index contributed by atoms with van der Waals surface area (Å²) in [4.78, 5) is 2.27. The molecule has 1 aliphatic heterocycles. The Labute approximate surface area is 125 Å². The molecule has 0 spiro atoms. The van der Waals surface area contributed by atoms with Crippen molar-refractivity contribution in [2.45, 2.75) is 19.1 Å². The standard InChI is InChI=1S/C18H20FNO/c19-18-9-5-4-8-16(18)13-20-10-11-21-17(14-20)12-15-6-2-1-3-7-15/h1-9,17H,10-14H2/t17-/m1/s1. The predicted molar refractivity (Wildman–Crippen MR) is 81.6 cm³/mol. The molecule has 0 aromatic heterocycles. The van der Waals surface area contributed by atoms with Gasteiger partial charge in [-0.2, -0.15) is 0 Å². The second kappa shape index (κ2) is 6.83. The van der Waals surface area contributed by atoms with E-state index in [1.165, 1.54) is 11.6 Å². The van der Waals surface area contributed by atoms with Gasteiger partial charge in [0.1, 0.15) is 5.82 Å². The van der Waals surface area contributed by atoms with Gasteiger partial charge in [-0.15, -0.1) is 0 Å². The Balaban J connectivity index is 1.60. The van der Waals surface area contributed by atoms with Gasteiger partial charge in [0, 0.05) is 25.2 Å². The Hall–Kier alpha value is -1.71. The van der Waals surface area contributed by atoms with Gasteiger partial charge in [0.25, 0.3) is 0 Å². The summed E-state index contributed by atoms with van der Waals surface area (Å²) in [6.07, 6.45) is 1.10. The highest BCUT2D eigenvalue weighted by Crippen LogP contribution is 2.15. The van der Waals surface area contributed by atoms with Crippen molar-refractivity contribution < 1.29 is 9.13 Å². The second-order valence-corrected chi connectivity index (χ2v) is 5.51. The van der Waals surface area contributed by atoms with E-state index in [0.29, 0.717) is 13.2 Å². The van der Waals surface area contributed by atoms with Crippen molar-refractivity contribution in [2.24, 2.45) is 0 Å². The Morgan fingerprint density at radius 1 is 1.05 bits per heavy atom. The smallest absolute Gasteiger partial charge is 0.127 e. The summed E-state index contributed by atoms with van der Waals surface area (Å²) in [5.41, 5.74) is 2.05. The van der Waals surface area contributed by atoms with Crippen LogP contribution in [0.3, 0.4) is 0 Å². The summed E-state index contributed by atoms with van der Waals surface area (Å²) in [7, 11) is 0. The van der Waals surface area contributed by atoms with Crippen LogP contribution in [0.25, 0.3) is 0 Å². The molecule has 2 aromatic carbocycles. The quantitative estimate of drug-likeness (QED) is 0.855. The van der Waals surface area contributed by atoms with Gasteiger partial charge >= 0.3 is 0 Å². The number of nitrogens with zero attached hydrogens (tertiary/aromatic N) is 1. The van der Waals surface area contributed by atoms with Crippen LogP contribution in [0.1, 0.15) is 11.1 Å². The van der Waals surface area contributed by atoms with Crippen LogP contribution in [0, 0.1) is 5.82 Å². The van der Waals surface area contributed by atoms with E-state index in [4.69, 9.17) is 4.74 Å². The van der Waals surface area contributed by atoms with Crippen LogP contribution >= 0.6 is 0 Å². The number of ether oxygens (including phenoxy) is 1. The molecular formula is C18H20FNO. The predicted octanol–water partition coefficient (Wildman–Crippen LogP) is 3.27. The van der Waals surface area contributed by atoms with Gasteiger partial charge in [0.15, 0.2) is 0 Å². The first-order chi connectivity index (χ1) is 10.3. The molecule has 0 bridgehead atoms. The third kappa shape index (κ3) is 3.90. The summed E-state index contributed by atoms with van der Waals surface area (Å²) in [5, 5.41) is 0. The number of hydrogen-bond acceptors (Lipinski definition) is 2. The highest BCUT2D eigenvalue weighted by molar-refractivity contribution is 5.18. The van der Waals surface area contributed by atoms with Crippen LogP contribution in [0.2, 0.25) is 0 Å². The molecule has 0 saturated carbocycles. The summed E-state index contributed by atoms with van der Waals surface area (Å²) in [6, 6.07) is 17.4. The molecule has 1 aliphatic rings.